The summed E-state index contributed by atoms with van der Waals surface area (Å²) < 4.78 is 0. The first-order valence-electron chi connectivity index (χ1n) is 3.72. The molecule has 2 amide bonds. The van der Waals surface area contributed by atoms with Crippen molar-refractivity contribution in [1.82, 2.24) is 0 Å². The minimum atomic E-state index is -0.830. The molecule has 0 aromatic heterocycles. The highest BCUT2D eigenvalue weighted by Gasteiger charge is 2.18. The number of rotatable bonds is 2. The molecule has 0 heterocycles. The number of hydrogen-bond donors (Lipinski definition) is 4. The molecule has 0 spiro atoms. The van der Waals surface area contributed by atoms with E-state index in [0.29, 0.717) is 0 Å². The second-order valence-corrected chi connectivity index (χ2v) is 2.72. The quantitative estimate of drug-likeness (QED) is 0.425. The Balaban J connectivity index is 0.00000196. The van der Waals surface area contributed by atoms with Crippen molar-refractivity contribution < 1.29 is 15.1 Å². The number of hydrogen-bond acceptors (Lipinski definition) is 4. The molecule has 0 aliphatic carbocycles. The first-order valence-corrected chi connectivity index (χ1v) is 3.72. The van der Waals surface area contributed by atoms with Crippen molar-refractivity contribution in [3.8, 4) is 0 Å². The van der Waals surface area contributed by atoms with Crippen LogP contribution >= 0.6 is 0 Å². The summed E-state index contributed by atoms with van der Waals surface area (Å²) in [5.74, 6) is -1.66. The third-order valence-electron chi connectivity index (χ3n) is 1.76. The minimum Gasteiger partial charge on any atom is -0.412 e. The molecule has 0 radical (unpaired) electrons. The Kier molecular flexibility index (Phi) is 3.64. The standard InChI is InChI=1S/C8H10N4O2.H2O/c9-3-1-2-4(10)6(8(12)14)5(3)7(11)13;/h1-2H,9-10H2,(H2,11,13)(H2,12,14);1H2. The maximum atomic E-state index is 11.0. The molecule has 0 aliphatic heterocycles. The zero-order valence-corrected chi connectivity index (χ0v) is 7.78. The molecule has 82 valence electrons. The van der Waals surface area contributed by atoms with Gasteiger partial charge in [-0.2, -0.15) is 0 Å². The fraction of sp³-hybridized carbons (Fsp3) is 0. The summed E-state index contributed by atoms with van der Waals surface area (Å²) in [7, 11) is 0. The third-order valence-corrected chi connectivity index (χ3v) is 1.76. The van der Waals surface area contributed by atoms with Crippen LogP contribution < -0.4 is 22.9 Å². The van der Waals surface area contributed by atoms with Gasteiger partial charge in [0.25, 0.3) is 11.8 Å². The van der Waals surface area contributed by atoms with E-state index >= 15 is 0 Å². The fourth-order valence-electron chi connectivity index (χ4n) is 1.17. The molecule has 1 aromatic rings. The first-order chi connectivity index (χ1) is 6.45. The van der Waals surface area contributed by atoms with Crippen LogP contribution in [0.5, 0.6) is 0 Å². The van der Waals surface area contributed by atoms with Crippen molar-refractivity contribution in [1.29, 1.82) is 0 Å². The lowest BCUT2D eigenvalue weighted by Gasteiger charge is -2.08. The molecule has 1 rings (SSSR count). The van der Waals surface area contributed by atoms with Crippen LogP contribution in [-0.2, 0) is 0 Å². The normalized spacial score (nSPS) is 9.07. The van der Waals surface area contributed by atoms with Crippen molar-refractivity contribution in [2.24, 2.45) is 11.5 Å². The fourth-order valence-corrected chi connectivity index (χ4v) is 1.17. The van der Waals surface area contributed by atoms with Gasteiger partial charge in [0.1, 0.15) is 0 Å². The highest BCUT2D eigenvalue weighted by molar-refractivity contribution is 6.12. The molecule has 0 atom stereocenters. The number of nitrogen functional groups attached to an aromatic ring is 2. The van der Waals surface area contributed by atoms with Crippen LogP contribution in [0.3, 0.4) is 0 Å². The minimum absolute atomic E-state index is 0. The SMILES string of the molecule is NC(=O)c1c(N)ccc(N)c1C(N)=O.O. The summed E-state index contributed by atoms with van der Waals surface area (Å²) in [6, 6.07) is 2.78. The topological polar surface area (TPSA) is 170 Å². The van der Waals surface area contributed by atoms with E-state index in [1.807, 2.05) is 0 Å². The smallest absolute Gasteiger partial charge is 0.251 e. The van der Waals surface area contributed by atoms with Gasteiger partial charge in [-0.05, 0) is 12.1 Å². The van der Waals surface area contributed by atoms with Gasteiger partial charge in [0.15, 0.2) is 0 Å². The Morgan fingerprint density at radius 3 is 1.33 bits per heavy atom. The number of anilines is 2. The Bertz CT molecular complexity index is 378. The Labute approximate surface area is 85.3 Å². The summed E-state index contributed by atoms with van der Waals surface area (Å²) in [6.45, 7) is 0. The molecule has 0 saturated carbocycles. The average Bonchev–Trinajstić information content (AvgIpc) is 2.07. The number of amides is 2. The number of nitrogens with two attached hydrogens (primary N) is 4. The summed E-state index contributed by atoms with van der Waals surface area (Å²) in [4.78, 5) is 22.0. The lowest BCUT2D eigenvalue weighted by molar-refractivity contribution is 0.0968. The Hall–Kier alpha value is -2.28. The van der Waals surface area contributed by atoms with Gasteiger partial charge in [-0.1, -0.05) is 0 Å². The maximum absolute atomic E-state index is 11.0. The van der Waals surface area contributed by atoms with Crippen LogP contribution in [0.1, 0.15) is 20.7 Å². The van der Waals surface area contributed by atoms with Gasteiger partial charge in [0.2, 0.25) is 0 Å². The molecule has 15 heavy (non-hydrogen) atoms. The molecular weight excluding hydrogens is 200 g/mol. The summed E-state index contributed by atoms with van der Waals surface area (Å²) in [5, 5.41) is 0. The van der Waals surface area contributed by atoms with Gasteiger partial charge in [-0.3, -0.25) is 9.59 Å². The molecule has 0 fully saturated rings. The van der Waals surface area contributed by atoms with Crippen molar-refractivity contribution in [2.75, 3.05) is 11.5 Å². The molecule has 0 aliphatic rings. The molecular formula is C8H12N4O3. The highest BCUT2D eigenvalue weighted by Crippen LogP contribution is 2.22. The molecule has 7 nitrogen and oxygen atoms in total. The largest absolute Gasteiger partial charge is 0.412 e. The average molecular weight is 212 g/mol. The number of benzene rings is 1. The van der Waals surface area contributed by atoms with Crippen molar-refractivity contribution in [3.05, 3.63) is 23.3 Å². The zero-order chi connectivity index (χ0) is 10.9. The molecule has 0 unspecified atom stereocenters. The predicted octanol–water partition coefficient (Wildman–Crippen LogP) is -1.78. The van der Waals surface area contributed by atoms with Gasteiger partial charge in [-0.15, -0.1) is 0 Å². The van der Waals surface area contributed by atoms with Crippen LogP contribution in [0.2, 0.25) is 0 Å². The third kappa shape index (κ3) is 2.15. The second kappa shape index (κ2) is 4.29. The van der Waals surface area contributed by atoms with Crippen LogP contribution in [0, 0.1) is 0 Å². The van der Waals surface area contributed by atoms with Gasteiger partial charge >= 0.3 is 0 Å². The lowest BCUT2D eigenvalue weighted by atomic mass is 10.0. The maximum Gasteiger partial charge on any atom is 0.251 e. The summed E-state index contributed by atoms with van der Waals surface area (Å²) in [5.41, 5.74) is 20.9. The number of carbonyl (C=O) groups is 2. The number of primary amides is 2. The molecule has 1 aromatic carbocycles. The highest BCUT2D eigenvalue weighted by atomic mass is 16.2. The van der Waals surface area contributed by atoms with Crippen molar-refractivity contribution in [3.63, 3.8) is 0 Å². The van der Waals surface area contributed by atoms with E-state index in [4.69, 9.17) is 22.9 Å². The van der Waals surface area contributed by atoms with Crippen molar-refractivity contribution >= 4 is 23.2 Å². The molecule has 0 saturated heterocycles. The Morgan fingerprint density at radius 2 is 1.13 bits per heavy atom. The monoisotopic (exact) mass is 212 g/mol. The van der Waals surface area contributed by atoms with Crippen molar-refractivity contribution in [2.45, 2.75) is 0 Å². The summed E-state index contributed by atoms with van der Waals surface area (Å²) >= 11 is 0. The molecule has 7 heteroatoms. The van der Waals surface area contributed by atoms with Crippen LogP contribution in [0.25, 0.3) is 0 Å². The van der Waals surface area contributed by atoms with E-state index < -0.39 is 11.8 Å². The second-order valence-electron chi connectivity index (χ2n) is 2.72. The zero-order valence-electron chi connectivity index (χ0n) is 7.78. The van der Waals surface area contributed by atoms with E-state index in [1.54, 1.807) is 0 Å². The van der Waals surface area contributed by atoms with E-state index in [1.165, 1.54) is 12.1 Å². The van der Waals surface area contributed by atoms with E-state index in [-0.39, 0.29) is 28.0 Å². The van der Waals surface area contributed by atoms with E-state index in [2.05, 4.69) is 0 Å². The number of carbonyl (C=O) groups excluding carboxylic acids is 2. The predicted molar refractivity (Wildman–Crippen MR) is 55.9 cm³/mol. The summed E-state index contributed by atoms with van der Waals surface area (Å²) in [6.07, 6.45) is 0. The first kappa shape index (κ1) is 12.7. The van der Waals surface area contributed by atoms with Gasteiger partial charge < -0.3 is 28.4 Å². The molecule has 10 N–H and O–H groups in total. The lowest BCUT2D eigenvalue weighted by Crippen LogP contribution is -2.23. The van der Waals surface area contributed by atoms with E-state index in [9.17, 15) is 9.59 Å². The van der Waals surface area contributed by atoms with Crippen LogP contribution in [0.15, 0.2) is 12.1 Å². The van der Waals surface area contributed by atoms with Gasteiger partial charge in [-0.25, -0.2) is 0 Å². The van der Waals surface area contributed by atoms with Gasteiger partial charge in [0, 0.05) is 11.4 Å². The van der Waals surface area contributed by atoms with Crippen LogP contribution in [-0.4, -0.2) is 17.3 Å². The van der Waals surface area contributed by atoms with E-state index in [0.717, 1.165) is 0 Å². The Morgan fingerprint density at radius 1 is 0.867 bits per heavy atom. The molecule has 0 bridgehead atoms. The van der Waals surface area contributed by atoms with Gasteiger partial charge in [0.05, 0.1) is 11.1 Å². The van der Waals surface area contributed by atoms with Crippen LogP contribution in [0.4, 0.5) is 11.4 Å².